The third-order valence-electron chi connectivity index (χ3n) is 3.41. The summed E-state index contributed by atoms with van der Waals surface area (Å²) in [5.74, 6) is 0.755. The zero-order valence-corrected chi connectivity index (χ0v) is 12.6. The van der Waals surface area contributed by atoms with Gasteiger partial charge in [0, 0.05) is 19.2 Å². The highest BCUT2D eigenvalue weighted by molar-refractivity contribution is 7.89. The number of hydrogen-bond acceptors (Lipinski definition) is 5. The van der Waals surface area contributed by atoms with Crippen LogP contribution in [0.15, 0.2) is 23.1 Å². The van der Waals surface area contributed by atoms with E-state index in [0.29, 0.717) is 18.7 Å². The maximum absolute atomic E-state index is 12.6. The third-order valence-corrected chi connectivity index (χ3v) is 5.29. The lowest BCUT2D eigenvalue weighted by atomic mass is 10.1. The van der Waals surface area contributed by atoms with Crippen LogP contribution in [0, 0.1) is 0 Å². The molecule has 1 atom stereocenters. The molecule has 2 rings (SSSR count). The van der Waals surface area contributed by atoms with Crippen molar-refractivity contribution in [3.63, 3.8) is 0 Å². The van der Waals surface area contributed by atoms with Gasteiger partial charge in [-0.15, -0.1) is 0 Å². The minimum atomic E-state index is -3.68. The first-order valence-electron chi connectivity index (χ1n) is 6.25. The van der Waals surface area contributed by atoms with Crippen LogP contribution in [0.2, 0.25) is 0 Å². The van der Waals surface area contributed by atoms with E-state index < -0.39 is 15.6 Å². The van der Waals surface area contributed by atoms with Crippen LogP contribution in [0.4, 0.5) is 0 Å². The van der Waals surface area contributed by atoms with Gasteiger partial charge < -0.3 is 14.6 Å². The highest BCUT2D eigenvalue weighted by Crippen LogP contribution is 2.33. The number of benzene rings is 1. The summed E-state index contributed by atoms with van der Waals surface area (Å²) >= 11 is 0. The molecule has 1 aromatic rings. The van der Waals surface area contributed by atoms with Crippen LogP contribution in [0.3, 0.4) is 0 Å². The number of rotatable bonds is 4. The van der Waals surface area contributed by atoms with Crippen LogP contribution < -0.4 is 9.47 Å². The minimum absolute atomic E-state index is 0.0819. The van der Waals surface area contributed by atoms with Gasteiger partial charge >= 0.3 is 0 Å². The molecule has 0 saturated carbocycles. The summed E-state index contributed by atoms with van der Waals surface area (Å²) in [6, 6.07) is 4.56. The second kappa shape index (κ2) is 5.23. The van der Waals surface area contributed by atoms with Crippen molar-refractivity contribution >= 4 is 10.0 Å². The van der Waals surface area contributed by atoms with E-state index >= 15 is 0 Å². The summed E-state index contributed by atoms with van der Waals surface area (Å²) < 4.78 is 36.7. The van der Waals surface area contributed by atoms with Crippen LogP contribution in [0.25, 0.3) is 0 Å². The summed E-state index contributed by atoms with van der Waals surface area (Å²) in [7, 11) is -0.773. The fraction of sp³-hybridized carbons (Fsp3) is 0.538. The second-order valence-corrected chi connectivity index (χ2v) is 7.01. The molecule has 1 fully saturated rings. The van der Waals surface area contributed by atoms with Crippen LogP contribution in [-0.4, -0.2) is 50.7 Å². The lowest BCUT2D eigenvalue weighted by molar-refractivity contribution is 0.0762. The van der Waals surface area contributed by atoms with Gasteiger partial charge in [-0.3, -0.25) is 0 Å². The molecule has 1 aliphatic rings. The Hall–Kier alpha value is -1.31. The van der Waals surface area contributed by atoms with Crippen LogP contribution in [0.1, 0.15) is 13.3 Å². The maximum atomic E-state index is 12.6. The number of β-amino-alcohol motifs (C(OH)–C–C–N with tert-alkyl or cyclic N) is 1. The molecule has 0 bridgehead atoms. The maximum Gasteiger partial charge on any atom is 0.246 e. The van der Waals surface area contributed by atoms with Gasteiger partial charge in [0.05, 0.1) is 19.8 Å². The van der Waals surface area contributed by atoms with E-state index in [1.54, 1.807) is 13.0 Å². The van der Waals surface area contributed by atoms with Crippen LogP contribution in [0.5, 0.6) is 11.5 Å². The first kappa shape index (κ1) is 15.1. The Labute approximate surface area is 119 Å². The molecule has 1 N–H and O–H groups in total. The molecule has 0 spiro atoms. The van der Waals surface area contributed by atoms with E-state index in [4.69, 9.17) is 9.47 Å². The van der Waals surface area contributed by atoms with Gasteiger partial charge in [-0.2, -0.15) is 4.31 Å². The molecule has 112 valence electrons. The number of nitrogens with zero attached hydrogens (tertiary/aromatic N) is 1. The molecule has 7 heteroatoms. The van der Waals surface area contributed by atoms with Gasteiger partial charge in [0.15, 0.2) is 0 Å². The SMILES string of the molecule is COc1ccc(S(=O)(=O)N2CCC(C)(O)C2)c(OC)c1. The lowest BCUT2D eigenvalue weighted by Gasteiger charge is -2.20. The minimum Gasteiger partial charge on any atom is -0.497 e. The Kier molecular flexibility index (Phi) is 3.95. The summed E-state index contributed by atoms with van der Waals surface area (Å²) in [5.41, 5.74) is -0.979. The molecule has 1 unspecified atom stereocenters. The largest absolute Gasteiger partial charge is 0.497 e. The van der Waals surface area contributed by atoms with Gasteiger partial charge in [-0.05, 0) is 25.5 Å². The summed E-state index contributed by atoms with van der Waals surface area (Å²) in [5, 5.41) is 9.93. The van der Waals surface area contributed by atoms with Gasteiger partial charge in [0.1, 0.15) is 16.4 Å². The first-order valence-corrected chi connectivity index (χ1v) is 7.69. The van der Waals surface area contributed by atoms with E-state index in [9.17, 15) is 13.5 Å². The van der Waals surface area contributed by atoms with E-state index in [1.807, 2.05) is 0 Å². The van der Waals surface area contributed by atoms with Crippen LogP contribution >= 0.6 is 0 Å². The second-order valence-electron chi connectivity index (χ2n) is 5.10. The molecule has 0 radical (unpaired) electrons. The molecule has 6 nitrogen and oxygen atoms in total. The zero-order chi connectivity index (χ0) is 15.0. The normalized spacial score (nSPS) is 23.8. The molecular formula is C13H19NO5S. The molecular weight excluding hydrogens is 282 g/mol. The topological polar surface area (TPSA) is 76.1 Å². The van der Waals surface area contributed by atoms with Crippen LogP contribution in [-0.2, 0) is 10.0 Å². The van der Waals surface area contributed by atoms with E-state index in [1.165, 1.54) is 30.7 Å². The van der Waals surface area contributed by atoms with Crippen molar-refractivity contribution < 1.29 is 23.0 Å². The fourth-order valence-corrected chi connectivity index (χ4v) is 3.93. The monoisotopic (exact) mass is 301 g/mol. The van der Waals surface area contributed by atoms with Gasteiger partial charge in [0.25, 0.3) is 0 Å². The van der Waals surface area contributed by atoms with Crippen molar-refractivity contribution in [3.05, 3.63) is 18.2 Å². The first-order chi connectivity index (χ1) is 9.30. The number of aliphatic hydroxyl groups is 1. The van der Waals surface area contributed by atoms with Gasteiger partial charge in [0.2, 0.25) is 10.0 Å². The smallest absolute Gasteiger partial charge is 0.246 e. The Bertz CT molecular complexity index is 597. The lowest BCUT2D eigenvalue weighted by Crippen LogP contribution is -2.34. The average Bonchev–Trinajstić information content (AvgIpc) is 2.79. The third kappa shape index (κ3) is 2.74. The molecule has 0 aliphatic carbocycles. The Morgan fingerprint density at radius 2 is 2.00 bits per heavy atom. The molecule has 1 aromatic carbocycles. The molecule has 1 aliphatic heterocycles. The highest BCUT2D eigenvalue weighted by atomic mass is 32.2. The molecule has 0 aromatic heterocycles. The van der Waals surface area contributed by atoms with Gasteiger partial charge in [-0.25, -0.2) is 8.42 Å². The average molecular weight is 301 g/mol. The molecule has 0 amide bonds. The molecule has 20 heavy (non-hydrogen) atoms. The Balaban J connectivity index is 2.40. The predicted molar refractivity (Wildman–Crippen MR) is 73.5 cm³/mol. The summed E-state index contributed by atoms with van der Waals surface area (Å²) in [6.45, 7) is 2.02. The predicted octanol–water partition coefficient (Wildman–Crippen LogP) is 0.849. The number of ether oxygens (including phenoxy) is 2. The standard InChI is InChI=1S/C13H19NO5S/c1-13(15)6-7-14(9-13)20(16,17)12-5-4-10(18-2)8-11(12)19-3/h4-5,8,15H,6-7,9H2,1-3H3. The molecule has 1 heterocycles. The van der Waals surface area contributed by atoms with E-state index in [-0.39, 0.29) is 17.2 Å². The van der Waals surface area contributed by atoms with Crippen molar-refractivity contribution in [2.45, 2.75) is 23.8 Å². The Morgan fingerprint density at radius 1 is 1.30 bits per heavy atom. The highest BCUT2D eigenvalue weighted by Gasteiger charge is 2.39. The quantitative estimate of drug-likeness (QED) is 0.892. The van der Waals surface area contributed by atoms with Gasteiger partial charge in [-0.1, -0.05) is 0 Å². The van der Waals surface area contributed by atoms with E-state index in [2.05, 4.69) is 0 Å². The zero-order valence-electron chi connectivity index (χ0n) is 11.8. The van der Waals surface area contributed by atoms with E-state index in [0.717, 1.165) is 0 Å². The number of sulfonamides is 1. The van der Waals surface area contributed by atoms with Crippen molar-refractivity contribution in [2.75, 3.05) is 27.3 Å². The number of hydrogen-bond donors (Lipinski definition) is 1. The van der Waals surface area contributed by atoms with Crippen molar-refractivity contribution in [1.82, 2.24) is 4.31 Å². The van der Waals surface area contributed by atoms with Crippen molar-refractivity contribution in [3.8, 4) is 11.5 Å². The summed E-state index contributed by atoms with van der Waals surface area (Å²) in [4.78, 5) is 0.0819. The number of methoxy groups -OCH3 is 2. The molecule has 1 saturated heterocycles. The fourth-order valence-electron chi connectivity index (χ4n) is 2.24. The van der Waals surface area contributed by atoms with Crippen molar-refractivity contribution in [2.24, 2.45) is 0 Å². The summed E-state index contributed by atoms with van der Waals surface area (Å²) in [6.07, 6.45) is 0.421. The van der Waals surface area contributed by atoms with Crippen molar-refractivity contribution in [1.29, 1.82) is 0 Å². The Morgan fingerprint density at radius 3 is 2.50 bits per heavy atom.